The summed E-state index contributed by atoms with van der Waals surface area (Å²) >= 11 is 0. The van der Waals surface area contributed by atoms with Crippen molar-refractivity contribution in [3.8, 4) is 66.8 Å². The van der Waals surface area contributed by atoms with Crippen LogP contribution in [0.4, 0.5) is 17.1 Å². The molecule has 0 amide bonds. The van der Waals surface area contributed by atoms with Crippen LogP contribution in [0, 0.1) is 13.8 Å². The van der Waals surface area contributed by atoms with Gasteiger partial charge >= 0.3 is 0 Å². The number of hydrogen-bond donors (Lipinski definition) is 0. The number of anilines is 3. The van der Waals surface area contributed by atoms with E-state index in [9.17, 15) is 0 Å². The summed E-state index contributed by atoms with van der Waals surface area (Å²) in [5.74, 6) is 0.525. The van der Waals surface area contributed by atoms with E-state index in [-0.39, 0.29) is 10.8 Å². The molecule has 0 aromatic heterocycles. The van der Waals surface area contributed by atoms with E-state index in [1.807, 2.05) is 0 Å². The van der Waals surface area contributed by atoms with Gasteiger partial charge in [0.15, 0.2) is 0 Å². The highest BCUT2D eigenvalue weighted by Gasteiger charge is 2.49. The van der Waals surface area contributed by atoms with Crippen LogP contribution in [-0.4, -0.2) is 0 Å². The first-order valence-electron chi connectivity index (χ1n) is 42.4. The van der Waals surface area contributed by atoms with E-state index >= 15 is 0 Å². The second-order valence-corrected chi connectivity index (χ2v) is 33.5. The van der Waals surface area contributed by atoms with Gasteiger partial charge < -0.3 is 4.90 Å². The van der Waals surface area contributed by atoms with E-state index in [2.05, 4.69) is 290 Å². The van der Waals surface area contributed by atoms with Crippen molar-refractivity contribution in [1.82, 2.24) is 0 Å². The van der Waals surface area contributed by atoms with Gasteiger partial charge in [0.1, 0.15) is 0 Å². The average molecular weight is 1420 g/mol. The molecule has 1 heteroatoms. The average Bonchev–Trinajstić information content (AvgIpc) is 1.50. The van der Waals surface area contributed by atoms with Gasteiger partial charge in [-0.3, -0.25) is 0 Å². The molecule has 1 atom stereocenters. The van der Waals surface area contributed by atoms with Crippen molar-refractivity contribution in [2.45, 2.75) is 237 Å². The largest absolute Gasteiger partial charge is 0.311 e. The first-order chi connectivity index (χ1) is 53.0. The van der Waals surface area contributed by atoms with Crippen molar-refractivity contribution < 1.29 is 0 Å². The molecule has 0 spiro atoms. The summed E-state index contributed by atoms with van der Waals surface area (Å²) in [5.41, 5.74) is 41.0. The summed E-state index contributed by atoms with van der Waals surface area (Å²) in [6.07, 6.45) is 36.7. The van der Waals surface area contributed by atoms with Crippen molar-refractivity contribution >= 4 is 17.1 Å². The lowest BCUT2D eigenvalue weighted by atomic mass is 9.65. The number of fused-ring (bicyclic) bond motifs is 11. The molecule has 0 N–H and O–H groups in total. The molecule has 548 valence electrons. The lowest BCUT2D eigenvalue weighted by Crippen LogP contribution is -2.30. The Labute approximate surface area is 648 Å². The zero-order valence-corrected chi connectivity index (χ0v) is 66.0. The molecular formula is C107H115N. The number of benzene rings is 11. The predicted octanol–water partition coefficient (Wildman–Crippen LogP) is 30.4. The first-order valence-corrected chi connectivity index (χ1v) is 42.4. The van der Waals surface area contributed by atoms with Crippen molar-refractivity contribution in [1.29, 1.82) is 0 Å². The minimum atomic E-state index is -0.557. The third-order valence-corrected chi connectivity index (χ3v) is 26.8. The summed E-state index contributed by atoms with van der Waals surface area (Å²) in [7, 11) is 0. The molecule has 5 aliphatic rings. The highest BCUT2D eigenvalue weighted by atomic mass is 15.1. The smallest absolute Gasteiger partial charge is 0.0714 e. The van der Waals surface area contributed by atoms with Crippen LogP contribution in [0.25, 0.3) is 66.8 Å². The Bertz CT molecular complexity index is 5000. The molecule has 11 aromatic carbocycles. The molecule has 0 aliphatic heterocycles. The number of allylic oxidation sites excluding steroid dienone is 2. The fraction of sp³-hybridized carbons (Fsp3) is 0.346. The van der Waals surface area contributed by atoms with E-state index in [4.69, 9.17) is 0 Å². The van der Waals surface area contributed by atoms with E-state index < -0.39 is 5.41 Å². The monoisotopic (exact) mass is 1410 g/mol. The minimum absolute atomic E-state index is 0.0397. The molecule has 0 heterocycles. The second-order valence-electron chi connectivity index (χ2n) is 33.5. The van der Waals surface area contributed by atoms with Crippen LogP contribution in [0.5, 0.6) is 0 Å². The van der Waals surface area contributed by atoms with Crippen LogP contribution in [-0.2, 0) is 41.9 Å². The third-order valence-electron chi connectivity index (χ3n) is 26.8. The molecule has 1 nitrogen and oxygen atoms in total. The van der Waals surface area contributed by atoms with Gasteiger partial charge in [0, 0.05) is 27.9 Å². The van der Waals surface area contributed by atoms with Gasteiger partial charge in [-0.25, -0.2) is 0 Å². The van der Waals surface area contributed by atoms with Crippen molar-refractivity contribution in [2.75, 3.05) is 4.90 Å². The Morgan fingerprint density at radius 1 is 0.324 bits per heavy atom. The van der Waals surface area contributed by atoms with Crippen molar-refractivity contribution in [3.63, 3.8) is 0 Å². The highest BCUT2D eigenvalue weighted by Crippen LogP contribution is 2.62. The number of aryl methyl sites for hydroxylation is 6. The fourth-order valence-electron chi connectivity index (χ4n) is 20.3. The Kier molecular flexibility index (Phi) is 21.4. The molecule has 0 bridgehead atoms. The maximum atomic E-state index is 4.07. The molecule has 108 heavy (non-hydrogen) atoms. The van der Waals surface area contributed by atoms with Crippen LogP contribution in [0.2, 0.25) is 0 Å². The maximum Gasteiger partial charge on any atom is 0.0714 e. The number of unbranched alkanes of at least 4 members (excludes halogenated alkanes) is 14. The molecule has 16 rings (SSSR count). The van der Waals surface area contributed by atoms with Crippen molar-refractivity contribution in [2.24, 2.45) is 0 Å². The quantitative estimate of drug-likeness (QED) is 0.0287. The summed E-state index contributed by atoms with van der Waals surface area (Å²) in [6.45, 7) is 22.0. The predicted molar refractivity (Wildman–Crippen MR) is 463 cm³/mol. The number of hydrogen-bond acceptors (Lipinski definition) is 1. The Morgan fingerprint density at radius 3 is 1.05 bits per heavy atom. The van der Waals surface area contributed by atoms with E-state index in [0.717, 1.165) is 57.8 Å². The summed E-state index contributed by atoms with van der Waals surface area (Å²) in [4.78, 5) is 2.43. The molecule has 0 fully saturated rings. The van der Waals surface area contributed by atoms with Crippen LogP contribution in [0.3, 0.4) is 0 Å². The van der Waals surface area contributed by atoms with Crippen molar-refractivity contribution in [3.05, 3.63) is 327 Å². The van der Waals surface area contributed by atoms with E-state index in [1.54, 1.807) is 11.1 Å². The van der Waals surface area contributed by atoms with Gasteiger partial charge in [0.2, 0.25) is 0 Å². The Morgan fingerprint density at radius 2 is 0.657 bits per heavy atom. The van der Waals surface area contributed by atoms with E-state index in [0.29, 0.717) is 5.92 Å². The van der Waals surface area contributed by atoms with Gasteiger partial charge in [-0.15, -0.1) is 13.2 Å². The molecule has 0 saturated heterocycles. The standard InChI is InChI=1S/C107H115N/c1-9-14-18-22-24-28-64-105(65-29-25-23-19-15-10-2)99-66-75(7)32-56-93(99)94-58-44-84(70-101(94)105)86-46-60-97-98-61-47-87(73-104(98)107(103(97)72-86,88-48-37-78-33-35-81(78)67-88)89-49-38-79-34-36-82(79)68-89)85-45-59-96-95-57-43-83(69-100(95)106(102(96)71-85,62-26-20-16-11-3)63-27-21-17-12-4)80-41-54-92(55-42-80)108(90-50-30-74(6)31-51-90)91-52-39-77(40-53-91)76(8)13-5/h9-10,30-32,37-61,66-73,76H,1-2,11-29,33-36,62-65H2,3-8H3. The van der Waals surface area contributed by atoms with Crippen LogP contribution >= 0.6 is 0 Å². The Hall–Kier alpha value is -9.30. The highest BCUT2D eigenvalue weighted by molar-refractivity contribution is 5.93. The molecule has 0 saturated carbocycles. The van der Waals surface area contributed by atoms with Crippen LogP contribution in [0.15, 0.2) is 244 Å². The Balaban J connectivity index is 0.811. The summed E-state index contributed by atoms with van der Waals surface area (Å²) in [5, 5.41) is 0. The third kappa shape index (κ3) is 13.4. The topological polar surface area (TPSA) is 3.24 Å². The van der Waals surface area contributed by atoms with Gasteiger partial charge in [-0.1, -0.05) is 293 Å². The maximum absolute atomic E-state index is 4.07. The lowest BCUT2D eigenvalue weighted by Gasteiger charge is -2.37. The van der Waals surface area contributed by atoms with Gasteiger partial charge in [0.25, 0.3) is 0 Å². The molecular weight excluding hydrogens is 1300 g/mol. The van der Waals surface area contributed by atoms with Crippen LogP contribution in [0.1, 0.15) is 265 Å². The SMILES string of the molecule is C=CCCCCCCC1(CCCCCCC=C)c2cc(C)ccc2-c2ccc(-c3ccc4c(c3)C(c3ccc5c(c3)CC5)(c3ccc5c(c3)CC5)c3cc(-c5ccc6c(c5)C(CCCCCC)(CCCCCC)c5cc(-c7ccc(N(c8ccc(C)cc8)c8ccc(C(C)CC)cc8)cc7)ccc5-6)ccc3-4)cc21. The summed E-state index contributed by atoms with van der Waals surface area (Å²) in [6, 6.07) is 89.0. The normalized spacial score (nSPS) is 14.8. The minimum Gasteiger partial charge on any atom is -0.311 e. The molecule has 1 unspecified atom stereocenters. The molecule has 5 aliphatic carbocycles. The second kappa shape index (κ2) is 31.7. The summed E-state index contributed by atoms with van der Waals surface area (Å²) < 4.78 is 0. The van der Waals surface area contributed by atoms with Gasteiger partial charge in [-0.2, -0.15) is 0 Å². The van der Waals surface area contributed by atoms with E-state index in [1.165, 1.54) is 272 Å². The molecule has 11 aromatic rings. The number of rotatable bonds is 34. The first kappa shape index (κ1) is 72.9. The zero-order valence-electron chi connectivity index (χ0n) is 66.0. The lowest BCUT2D eigenvalue weighted by molar-refractivity contribution is 0.399. The van der Waals surface area contributed by atoms with Gasteiger partial charge in [0.05, 0.1) is 5.41 Å². The fourth-order valence-corrected chi connectivity index (χ4v) is 20.3. The molecule has 0 radical (unpaired) electrons. The zero-order chi connectivity index (χ0) is 73.9. The van der Waals surface area contributed by atoms with Gasteiger partial charge in [-0.05, 0) is 309 Å². The van der Waals surface area contributed by atoms with Crippen LogP contribution < -0.4 is 4.90 Å². The number of nitrogens with zero attached hydrogens (tertiary/aromatic N) is 1.